The van der Waals surface area contributed by atoms with Gasteiger partial charge in [-0.3, -0.25) is 4.79 Å². The molecule has 3 N–H and O–H groups in total. The molecule has 16 heavy (non-hydrogen) atoms. The van der Waals surface area contributed by atoms with Crippen LogP contribution in [0.25, 0.3) is 0 Å². The number of rotatable bonds is 4. The van der Waals surface area contributed by atoms with Crippen LogP contribution < -0.4 is 11.1 Å². The Morgan fingerprint density at radius 3 is 2.44 bits per heavy atom. The number of carbonyl (C=O) groups is 1. The van der Waals surface area contributed by atoms with Gasteiger partial charge in [-0.1, -0.05) is 12.1 Å². The minimum atomic E-state index is -0.275. The summed E-state index contributed by atoms with van der Waals surface area (Å²) >= 11 is 0. The van der Waals surface area contributed by atoms with Crippen molar-refractivity contribution in [2.45, 2.75) is 6.42 Å². The molecule has 0 spiro atoms. The number of benzene rings is 1. The molecule has 0 aliphatic rings. The summed E-state index contributed by atoms with van der Waals surface area (Å²) in [6.45, 7) is 0.289. The minimum absolute atomic E-state index is 0. The molecule has 0 fully saturated rings. The number of nitrogens with two attached hydrogens (primary N) is 1. The monoisotopic (exact) mass is 246 g/mol. The summed E-state index contributed by atoms with van der Waals surface area (Å²) in [6, 6.07) is 6.10. The highest BCUT2D eigenvalue weighted by molar-refractivity contribution is 5.85. The molecule has 1 atom stereocenters. The molecule has 0 radical (unpaired) electrons. The third-order valence-electron chi connectivity index (χ3n) is 2.30. The third kappa shape index (κ3) is 4.16. The van der Waals surface area contributed by atoms with Gasteiger partial charge >= 0.3 is 0 Å². The SMILES string of the molecule is CNC(=O)C(CN)Cc1ccc(F)cc1.Cl. The molecule has 1 rings (SSSR count). The molecule has 0 aliphatic carbocycles. The van der Waals surface area contributed by atoms with E-state index in [2.05, 4.69) is 5.32 Å². The van der Waals surface area contributed by atoms with E-state index in [1.165, 1.54) is 12.1 Å². The molecule has 0 bridgehead atoms. The van der Waals surface area contributed by atoms with Crippen molar-refractivity contribution in [1.82, 2.24) is 5.32 Å². The molecule has 1 aromatic carbocycles. The lowest BCUT2D eigenvalue weighted by molar-refractivity contribution is -0.124. The van der Waals surface area contributed by atoms with Gasteiger partial charge in [-0.25, -0.2) is 4.39 Å². The first kappa shape index (κ1) is 14.9. The summed E-state index contributed by atoms with van der Waals surface area (Å²) in [6.07, 6.45) is 0.538. The molecule has 0 aliphatic heterocycles. The summed E-state index contributed by atoms with van der Waals surface area (Å²) in [5, 5.41) is 2.55. The van der Waals surface area contributed by atoms with Crippen molar-refractivity contribution in [3.05, 3.63) is 35.6 Å². The Bertz CT molecular complexity index is 329. The Morgan fingerprint density at radius 1 is 1.44 bits per heavy atom. The van der Waals surface area contributed by atoms with Crippen LogP contribution in [0.2, 0.25) is 0 Å². The number of halogens is 2. The van der Waals surface area contributed by atoms with Crippen LogP contribution in [0.1, 0.15) is 5.56 Å². The molecule has 90 valence electrons. The van der Waals surface area contributed by atoms with Crippen LogP contribution in [0.5, 0.6) is 0 Å². The van der Waals surface area contributed by atoms with Gasteiger partial charge in [0.05, 0.1) is 5.92 Å². The van der Waals surface area contributed by atoms with Crippen LogP contribution in [0.15, 0.2) is 24.3 Å². The van der Waals surface area contributed by atoms with E-state index in [9.17, 15) is 9.18 Å². The predicted octanol–water partition coefficient (Wildman–Crippen LogP) is 1.11. The van der Waals surface area contributed by atoms with E-state index in [0.29, 0.717) is 6.42 Å². The van der Waals surface area contributed by atoms with Crippen molar-refractivity contribution >= 4 is 18.3 Å². The summed E-state index contributed by atoms with van der Waals surface area (Å²) < 4.78 is 12.6. The topological polar surface area (TPSA) is 55.1 Å². The van der Waals surface area contributed by atoms with E-state index >= 15 is 0 Å². The first-order valence-corrected chi connectivity index (χ1v) is 4.83. The number of carbonyl (C=O) groups excluding carboxylic acids is 1. The van der Waals surface area contributed by atoms with Gasteiger partial charge in [0.15, 0.2) is 0 Å². The van der Waals surface area contributed by atoms with E-state index in [1.54, 1.807) is 19.2 Å². The minimum Gasteiger partial charge on any atom is -0.359 e. The van der Waals surface area contributed by atoms with E-state index in [-0.39, 0.29) is 36.6 Å². The molecule has 1 amide bonds. The summed E-state index contributed by atoms with van der Waals surface area (Å²) in [4.78, 5) is 11.3. The van der Waals surface area contributed by atoms with Crippen molar-refractivity contribution in [2.24, 2.45) is 11.7 Å². The average molecular weight is 247 g/mol. The molecule has 3 nitrogen and oxygen atoms in total. The van der Waals surface area contributed by atoms with Gasteiger partial charge in [0, 0.05) is 13.6 Å². The Hall–Kier alpha value is -1.13. The number of hydrogen-bond acceptors (Lipinski definition) is 2. The zero-order valence-corrected chi connectivity index (χ0v) is 9.89. The van der Waals surface area contributed by atoms with Crippen LogP contribution in [-0.4, -0.2) is 19.5 Å². The van der Waals surface area contributed by atoms with Crippen LogP contribution in [0, 0.1) is 11.7 Å². The van der Waals surface area contributed by atoms with Crippen LogP contribution in [0.3, 0.4) is 0 Å². The van der Waals surface area contributed by atoms with Crippen LogP contribution in [0.4, 0.5) is 4.39 Å². The average Bonchev–Trinajstić information content (AvgIpc) is 2.27. The molecular formula is C11H16ClFN2O. The predicted molar refractivity (Wildman–Crippen MR) is 64.0 cm³/mol. The largest absolute Gasteiger partial charge is 0.359 e. The quantitative estimate of drug-likeness (QED) is 0.836. The lowest BCUT2D eigenvalue weighted by Gasteiger charge is -2.12. The summed E-state index contributed by atoms with van der Waals surface area (Å²) in [5.41, 5.74) is 6.40. The van der Waals surface area contributed by atoms with E-state index in [0.717, 1.165) is 5.56 Å². The van der Waals surface area contributed by atoms with Crippen LogP contribution in [-0.2, 0) is 11.2 Å². The second kappa shape index (κ2) is 7.19. The Kier molecular flexibility index (Phi) is 6.69. The molecule has 0 saturated heterocycles. The van der Waals surface area contributed by atoms with Gasteiger partial charge in [0.1, 0.15) is 5.82 Å². The van der Waals surface area contributed by atoms with Crippen LogP contribution >= 0.6 is 12.4 Å². The summed E-state index contributed by atoms with van der Waals surface area (Å²) in [7, 11) is 1.58. The molecule has 0 heterocycles. The van der Waals surface area contributed by atoms with Crippen molar-refractivity contribution < 1.29 is 9.18 Å². The second-order valence-corrected chi connectivity index (χ2v) is 3.38. The molecule has 1 aromatic rings. The maximum absolute atomic E-state index is 12.6. The Balaban J connectivity index is 0.00000225. The Morgan fingerprint density at radius 2 is 2.00 bits per heavy atom. The van der Waals surface area contributed by atoms with Gasteiger partial charge < -0.3 is 11.1 Å². The first-order chi connectivity index (χ1) is 7.17. The fraction of sp³-hybridized carbons (Fsp3) is 0.364. The van der Waals surface area contributed by atoms with Crippen molar-refractivity contribution in [3.63, 3.8) is 0 Å². The highest BCUT2D eigenvalue weighted by Crippen LogP contribution is 2.09. The van der Waals surface area contributed by atoms with Gasteiger partial charge in [0.25, 0.3) is 0 Å². The fourth-order valence-corrected chi connectivity index (χ4v) is 1.39. The molecular weight excluding hydrogens is 231 g/mol. The van der Waals surface area contributed by atoms with Gasteiger partial charge in [-0.05, 0) is 24.1 Å². The zero-order valence-electron chi connectivity index (χ0n) is 9.07. The molecule has 0 aromatic heterocycles. The number of hydrogen-bond donors (Lipinski definition) is 2. The fourth-order valence-electron chi connectivity index (χ4n) is 1.39. The lowest BCUT2D eigenvalue weighted by atomic mass is 9.99. The van der Waals surface area contributed by atoms with E-state index < -0.39 is 0 Å². The maximum Gasteiger partial charge on any atom is 0.224 e. The highest BCUT2D eigenvalue weighted by atomic mass is 35.5. The summed E-state index contributed by atoms with van der Waals surface area (Å²) in [5.74, 6) is -0.606. The van der Waals surface area contributed by atoms with Crippen molar-refractivity contribution in [3.8, 4) is 0 Å². The van der Waals surface area contributed by atoms with E-state index in [4.69, 9.17) is 5.73 Å². The molecule has 1 unspecified atom stereocenters. The molecule has 0 saturated carbocycles. The standard InChI is InChI=1S/C11H15FN2O.ClH/c1-14-11(15)9(7-13)6-8-2-4-10(12)5-3-8;/h2-5,9H,6-7,13H2,1H3,(H,14,15);1H. The molecule has 5 heteroatoms. The smallest absolute Gasteiger partial charge is 0.224 e. The number of nitrogens with one attached hydrogen (secondary N) is 1. The third-order valence-corrected chi connectivity index (χ3v) is 2.30. The lowest BCUT2D eigenvalue weighted by Crippen LogP contribution is -2.34. The van der Waals surface area contributed by atoms with E-state index in [1.807, 2.05) is 0 Å². The number of amides is 1. The maximum atomic E-state index is 12.6. The van der Waals surface area contributed by atoms with Gasteiger partial charge in [0.2, 0.25) is 5.91 Å². The zero-order chi connectivity index (χ0) is 11.3. The van der Waals surface area contributed by atoms with Crippen molar-refractivity contribution in [1.29, 1.82) is 0 Å². The second-order valence-electron chi connectivity index (χ2n) is 3.38. The Labute approximate surface area is 101 Å². The van der Waals surface area contributed by atoms with Gasteiger partial charge in [-0.15, -0.1) is 12.4 Å². The highest BCUT2D eigenvalue weighted by Gasteiger charge is 2.15. The normalized spacial score (nSPS) is 11.4. The van der Waals surface area contributed by atoms with Crippen molar-refractivity contribution in [2.75, 3.05) is 13.6 Å². The first-order valence-electron chi connectivity index (χ1n) is 4.83. The van der Waals surface area contributed by atoms with Gasteiger partial charge in [-0.2, -0.15) is 0 Å².